The highest BCUT2D eigenvalue weighted by Gasteiger charge is 2.43. The first kappa shape index (κ1) is 26.4. The van der Waals surface area contributed by atoms with Crippen molar-refractivity contribution in [2.24, 2.45) is 16.5 Å². The number of rotatable bonds is 8. The molecule has 1 amide bonds. The fourth-order valence-corrected chi connectivity index (χ4v) is 6.21. The van der Waals surface area contributed by atoms with Gasteiger partial charge in [0.25, 0.3) is 0 Å². The molecule has 10 nitrogen and oxygen atoms in total. The Labute approximate surface area is 227 Å². The van der Waals surface area contributed by atoms with E-state index in [1.807, 2.05) is 4.90 Å². The summed E-state index contributed by atoms with van der Waals surface area (Å²) in [4.78, 5) is 35.6. The summed E-state index contributed by atoms with van der Waals surface area (Å²) in [6, 6.07) is 14.2. The topological polar surface area (TPSA) is 163 Å². The van der Waals surface area contributed by atoms with Gasteiger partial charge in [-0.3, -0.25) is 14.4 Å². The third-order valence-corrected chi connectivity index (χ3v) is 8.31. The minimum atomic E-state index is -0.935. The van der Waals surface area contributed by atoms with Gasteiger partial charge in [0.05, 0.1) is 5.69 Å². The number of phenolic OH excluding ortho intramolecular Hbond substituents is 1. The second-order valence-corrected chi connectivity index (χ2v) is 10.7. The van der Waals surface area contributed by atoms with Gasteiger partial charge in [0.1, 0.15) is 11.8 Å². The van der Waals surface area contributed by atoms with Gasteiger partial charge in [-0.2, -0.15) is 0 Å². The number of fused-ring (bicyclic) bond motifs is 2. The highest BCUT2D eigenvalue weighted by atomic mass is 16.3. The van der Waals surface area contributed by atoms with E-state index in [1.165, 1.54) is 15.7 Å². The van der Waals surface area contributed by atoms with Crippen LogP contribution in [-0.4, -0.2) is 56.2 Å². The SMILES string of the molecule is NC(N)=NCCCc1[nH]c(=O)n([C@H](Cc2ccc(O)cc2)C(=O)N2CCC3(CCc4ccccc43)CC2)c1O. The Morgan fingerprint density at radius 3 is 2.49 bits per heavy atom. The van der Waals surface area contributed by atoms with Gasteiger partial charge in [0.2, 0.25) is 11.8 Å². The maximum absolute atomic E-state index is 14.0. The van der Waals surface area contributed by atoms with Crippen molar-refractivity contribution in [3.05, 3.63) is 81.4 Å². The smallest absolute Gasteiger partial charge is 0.329 e. The fraction of sp³-hybridized carbons (Fsp3) is 0.414. The number of aromatic hydroxyl groups is 2. The molecule has 10 heteroatoms. The van der Waals surface area contributed by atoms with Crippen LogP contribution in [0.25, 0.3) is 0 Å². The van der Waals surface area contributed by atoms with Gasteiger partial charge >= 0.3 is 5.69 Å². The van der Waals surface area contributed by atoms with Crippen LogP contribution in [0.2, 0.25) is 0 Å². The quantitative estimate of drug-likeness (QED) is 0.169. The predicted molar refractivity (Wildman–Crippen MR) is 149 cm³/mol. The Bertz CT molecular complexity index is 1410. The Balaban J connectivity index is 1.38. The number of nitrogens with zero attached hydrogens (tertiary/aromatic N) is 3. The number of amides is 1. The van der Waals surface area contributed by atoms with Crippen molar-refractivity contribution in [2.75, 3.05) is 19.6 Å². The molecular formula is C29H36N6O4. The minimum Gasteiger partial charge on any atom is -0.508 e. The average Bonchev–Trinajstić information content (AvgIpc) is 3.42. The van der Waals surface area contributed by atoms with Gasteiger partial charge < -0.3 is 31.6 Å². The largest absolute Gasteiger partial charge is 0.508 e. The zero-order valence-corrected chi connectivity index (χ0v) is 22.0. The number of H-pyrrole nitrogens is 1. The Morgan fingerprint density at radius 2 is 1.77 bits per heavy atom. The predicted octanol–water partition coefficient (Wildman–Crippen LogP) is 2.08. The number of phenols is 1. The zero-order valence-electron chi connectivity index (χ0n) is 22.0. The second kappa shape index (κ2) is 10.9. The number of carbonyl (C=O) groups is 1. The number of benzene rings is 2. The van der Waals surface area contributed by atoms with Crippen molar-refractivity contribution >= 4 is 11.9 Å². The van der Waals surface area contributed by atoms with E-state index < -0.39 is 11.7 Å². The molecule has 1 aromatic heterocycles. The molecule has 1 fully saturated rings. The molecule has 2 aliphatic rings. The molecule has 39 heavy (non-hydrogen) atoms. The van der Waals surface area contributed by atoms with Gasteiger partial charge in [0, 0.05) is 26.1 Å². The molecule has 1 saturated heterocycles. The first-order valence-electron chi connectivity index (χ1n) is 13.5. The molecular weight excluding hydrogens is 496 g/mol. The van der Waals surface area contributed by atoms with Crippen molar-refractivity contribution < 1.29 is 15.0 Å². The molecule has 0 unspecified atom stereocenters. The van der Waals surface area contributed by atoms with Crippen LogP contribution < -0.4 is 17.2 Å². The minimum absolute atomic E-state index is 0.0192. The molecule has 5 rings (SSSR count). The molecule has 2 aromatic carbocycles. The van der Waals surface area contributed by atoms with Gasteiger partial charge in [-0.1, -0.05) is 36.4 Å². The second-order valence-electron chi connectivity index (χ2n) is 10.7. The molecule has 0 saturated carbocycles. The number of aliphatic imine (C=N–C) groups is 1. The lowest BCUT2D eigenvalue weighted by atomic mass is 9.74. The third kappa shape index (κ3) is 5.36. The summed E-state index contributed by atoms with van der Waals surface area (Å²) in [6.45, 7) is 1.53. The number of imidazole rings is 1. The van der Waals surface area contributed by atoms with E-state index in [0.29, 0.717) is 38.2 Å². The summed E-state index contributed by atoms with van der Waals surface area (Å²) in [5.41, 5.74) is 14.2. The van der Waals surface area contributed by atoms with Crippen LogP contribution in [0.4, 0.5) is 0 Å². The van der Waals surface area contributed by atoms with E-state index >= 15 is 0 Å². The van der Waals surface area contributed by atoms with E-state index in [2.05, 4.69) is 34.2 Å². The number of hydrogen-bond donors (Lipinski definition) is 5. The van der Waals surface area contributed by atoms with Crippen LogP contribution in [0.15, 0.2) is 58.3 Å². The molecule has 7 N–H and O–H groups in total. The van der Waals surface area contributed by atoms with Gasteiger partial charge in [-0.25, -0.2) is 4.79 Å². The number of carbonyl (C=O) groups excluding carboxylic acids is 1. The monoisotopic (exact) mass is 532 g/mol. The fourth-order valence-electron chi connectivity index (χ4n) is 6.21. The Morgan fingerprint density at radius 1 is 1.05 bits per heavy atom. The third-order valence-electron chi connectivity index (χ3n) is 8.31. The van der Waals surface area contributed by atoms with Gasteiger partial charge in [0.15, 0.2) is 5.96 Å². The van der Waals surface area contributed by atoms with Crippen molar-refractivity contribution in [1.82, 2.24) is 14.5 Å². The van der Waals surface area contributed by atoms with Crippen LogP contribution in [0.1, 0.15) is 54.1 Å². The number of hydrogen-bond acceptors (Lipinski definition) is 5. The molecule has 1 spiro atoms. The molecule has 0 bridgehead atoms. The number of guanidine groups is 1. The first-order valence-corrected chi connectivity index (χ1v) is 13.5. The number of aryl methyl sites for hydroxylation is 2. The van der Waals surface area contributed by atoms with Crippen molar-refractivity contribution in [1.29, 1.82) is 0 Å². The molecule has 1 atom stereocenters. The summed E-state index contributed by atoms with van der Waals surface area (Å²) in [5.74, 6) is -0.355. The van der Waals surface area contributed by atoms with Crippen LogP contribution in [0.3, 0.4) is 0 Å². The van der Waals surface area contributed by atoms with Crippen LogP contribution in [0, 0.1) is 0 Å². The number of likely N-dealkylation sites (tertiary alicyclic amines) is 1. The summed E-state index contributed by atoms with van der Waals surface area (Å²) < 4.78 is 1.17. The van der Waals surface area contributed by atoms with E-state index in [1.54, 1.807) is 24.3 Å². The Hall–Kier alpha value is -4.21. The number of aromatic nitrogens is 2. The maximum Gasteiger partial charge on any atom is 0.329 e. The first-order chi connectivity index (χ1) is 18.8. The maximum atomic E-state index is 14.0. The lowest BCUT2D eigenvalue weighted by molar-refractivity contribution is -0.136. The van der Waals surface area contributed by atoms with E-state index in [9.17, 15) is 19.8 Å². The molecule has 3 aromatic rings. The van der Waals surface area contributed by atoms with Crippen LogP contribution in [0.5, 0.6) is 11.6 Å². The summed E-state index contributed by atoms with van der Waals surface area (Å²) in [6.07, 6.45) is 4.94. The lowest BCUT2D eigenvalue weighted by Crippen LogP contribution is -2.48. The summed E-state index contributed by atoms with van der Waals surface area (Å²) in [5, 5.41) is 20.8. The van der Waals surface area contributed by atoms with Gasteiger partial charge in [-0.15, -0.1) is 0 Å². The zero-order chi connectivity index (χ0) is 27.6. The van der Waals surface area contributed by atoms with Crippen molar-refractivity contribution in [3.63, 3.8) is 0 Å². The van der Waals surface area contributed by atoms with Crippen molar-refractivity contribution in [2.45, 2.75) is 56.4 Å². The number of nitrogens with two attached hydrogens (primary N) is 2. The number of nitrogens with one attached hydrogen (secondary N) is 1. The van der Waals surface area contributed by atoms with Crippen LogP contribution >= 0.6 is 0 Å². The highest BCUT2D eigenvalue weighted by Crippen LogP contribution is 2.46. The summed E-state index contributed by atoms with van der Waals surface area (Å²) >= 11 is 0. The number of aromatic amines is 1. The standard InChI is InChI=1S/C29H36N6O4/c30-27(31)32-15-3-6-23-25(37)35(28(39)33-23)24(18-19-7-9-21(36)10-8-19)26(38)34-16-13-29(14-17-34)12-11-20-4-1-2-5-22(20)29/h1-2,4-5,7-10,24,36-37H,3,6,11-18H2,(H,33,39)(H4,30,31,32)/t24-/m1/s1. The van der Waals surface area contributed by atoms with E-state index in [-0.39, 0.29) is 35.3 Å². The van der Waals surface area contributed by atoms with Crippen LogP contribution in [-0.2, 0) is 29.5 Å². The molecule has 1 aliphatic heterocycles. The normalized spacial score (nSPS) is 16.7. The average molecular weight is 533 g/mol. The Kier molecular flexibility index (Phi) is 7.36. The lowest BCUT2D eigenvalue weighted by Gasteiger charge is -2.41. The molecule has 0 radical (unpaired) electrons. The van der Waals surface area contributed by atoms with E-state index in [0.717, 1.165) is 31.2 Å². The molecule has 2 heterocycles. The molecule has 1 aliphatic carbocycles. The summed E-state index contributed by atoms with van der Waals surface area (Å²) in [7, 11) is 0. The van der Waals surface area contributed by atoms with Crippen molar-refractivity contribution in [3.8, 4) is 11.6 Å². The molecule has 206 valence electrons. The van der Waals surface area contributed by atoms with Gasteiger partial charge in [-0.05, 0) is 72.8 Å². The number of piperidine rings is 1. The van der Waals surface area contributed by atoms with E-state index in [4.69, 9.17) is 11.5 Å². The highest BCUT2D eigenvalue weighted by molar-refractivity contribution is 5.81.